The topological polar surface area (TPSA) is 63.6 Å². The first kappa shape index (κ1) is 14.0. The third-order valence-electron chi connectivity index (χ3n) is 1.08. The molecule has 0 aromatic heterocycles. The van der Waals surface area contributed by atoms with E-state index in [1.54, 1.807) is 0 Å². The molecular formula is C7H12O4S3. The standard InChI is InChI=1S/C7H12O4S3/c8-3-1-2-4-11-14(9,10)6-7(13)5-12/h7-8,12-13H,1,3,5-6H2. The number of aliphatic hydroxyl groups excluding tert-OH is 1. The van der Waals surface area contributed by atoms with E-state index in [1.807, 2.05) is 6.11 Å². The highest BCUT2D eigenvalue weighted by Crippen LogP contribution is 2.03. The Morgan fingerprint density at radius 1 is 1.50 bits per heavy atom. The molecular weight excluding hydrogens is 244 g/mol. The molecule has 0 amide bonds. The average molecular weight is 256 g/mol. The van der Waals surface area contributed by atoms with Crippen LogP contribution in [-0.4, -0.2) is 36.9 Å². The summed E-state index contributed by atoms with van der Waals surface area (Å²) in [6.07, 6.45) is 2.19. The maximum absolute atomic E-state index is 11.1. The van der Waals surface area contributed by atoms with E-state index in [-0.39, 0.29) is 24.0 Å². The second-order valence-corrected chi connectivity index (χ2v) is 5.11. The molecule has 14 heavy (non-hydrogen) atoms. The molecule has 82 valence electrons. The molecule has 0 heterocycles. The van der Waals surface area contributed by atoms with Gasteiger partial charge < -0.3 is 9.29 Å². The third kappa shape index (κ3) is 7.38. The maximum atomic E-state index is 11.1. The van der Waals surface area contributed by atoms with Crippen molar-refractivity contribution >= 4 is 35.4 Å². The van der Waals surface area contributed by atoms with Crippen LogP contribution in [0.4, 0.5) is 0 Å². The zero-order valence-electron chi connectivity index (χ0n) is 7.38. The lowest BCUT2D eigenvalue weighted by Gasteiger charge is -2.04. The number of aliphatic hydroxyl groups is 1. The summed E-state index contributed by atoms with van der Waals surface area (Å²) in [5.74, 6) is 2.45. The molecule has 0 saturated heterocycles. The molecule has 0 aliphatic heterocycles. The zero-order chi connectivity index (χ0) is 11.0. The van der Waals surface area contributed by atoms with Crippen LogP contribution in [0.3, 0.4) is 0 Å². The monoisotopic (exact) mass is 256 g/mol. The van der Waals surface area contributed by atoms with Crippen molar-refractivity contribution in [3.63, 3.8) is 0 Å². The Labute approximate surface area is 95.0 Å². The molecule has 0 bridgehead atoms. The summed E-state index contributed by atoms with van der Waals surface area (Å²) in [6, 6.07) is 0. The van der Waals surface area contributed by atoms with Crippen molar-refractivity contribution in [1.82, 2.24) is 0 Å². The van der Waals surface area contributed by atoms with E-state index in [0.29, 0.717) is 5.75 Å². The Kier molecular flexibility index (Phi) is 7.27. The van der Waals surface area contributed by atoms with Gasteiger partial charge in [0.1, 0.15) is 6.11 Å². The van der Waals surface area contributed by atoms with Crippen molar-refractivity contribution in [2.24, 2.45) is 0 Å². The Hall–Kier alpha value is -0.0300. The van der Waals surface area contributed by atoms with Gasteiger partial charge in [-0.05, 0) is 0 Å². The van der Waals surface area contributed by atoms with Crippen molar-refractivity contribution in [3.8, 4) is 12.0 Å². The highest BCUT2D eigenvalue weighted by atomic mass is 32.2. The molecule has 0 spiro atoms. The van der Waals surface area contributed by atoms with Crippen LogP contribution in [0, 0.1) is 12.0 Å². The lowest BCUT2D eigenvalue weighted by Crippen LogP contribution is -2.18. The smallest absolute Gasteiger partial charge is 0.318 e. The number of rotatable bonds is 5. The van der Waals surface area contributed by atoms with E-state index in [4.69, 9.17) is 5.11 Å². The van der Waals surface area contributed by atoms with Gasteiger partial charge in [0.15, 0.2) is 0 Å². The minimum Gasteiger partial charge on any atom is -0.395 e. The highest BCUT2D eigenvalue weighted by Gasteiger charge is 2.15. The molecule has 0 saturated carbocycles. The van der Waals surface area contributed by atoms with Crippen LogP contribution in [0.25, 0.3) is 0 Å². The summed E-state index contributed by atoms with van der Waals surface area (Å²) < 4.78 is 26.5. The van der Waals surface area contributed by atoms with Crippen molar-refractivity contribution < 1.29 is 17.7 Å². The maximum Gasteiger partial charge on any atom is 0.318 e. The Bertz CT molecular complexity index is 301. The van der Waals surface area contributed by atoms with E-state index in [1.165, 1.54) is 0 Å². The van der Waals surface area contributed by atoms with Crippen LogP contribution in [0.2, 0.25) is 0 Å². The summed E-state index contributed by atoms with van der Waals surface area (Å²) in [6.45, 7) is -0.123. The molecule has 0 aliphatic carbocycles. The summed E-state index contributed by atoms with van der Waals surface area (Å²) in [4.78, 5) is 0. The van der Waals surface area contributed by atoms with Gasteiger partial charge in [-0.25, -0.2) is 0 Å². The average Bonchev–Trinajstić information content (AvgIpc) is 2.12. The van der Waals surface area contributed by atoms with E-state index >= 15 is 0 Å². The normalized spacial score (nSPS) is 12.8. The fraction of sp³-hybridized carbons (Fsp3) is 0.714. The molecule has 1 N–H and O–H groups in total. The van der Waals surface area contributed by atoms with Gasteiger partial charge in [-0.1, -0.05) is 5.92 Å². The molecule has 0 aromatic carbocycles. The highest BCUT2D eigenvalue weighted by molar-refractivity contribution is 7.89. The third-order valence-corrected chi connectivity index (χ3v) is 3.57. The fourth-order valence-electron chi connectivity index (χ4n) is 0.522. The first-order valence-corrected chi connectivity index (χ1v) is 6.53. The zero-order valence-corrected chi connectivity index (χ0v) is 9.99. The molecule has 0 radical (unpaired) electrons. The second kappa shape index (κ2) is 7.29. The van der Waals surface area contributed by atoms with Crippen LogP contribution in [0.1, 0.15) is 6.42 Å². The Morgan fingerprint density at radius 3 is 2.64 bits per heavy atom. The van der Waals surface area contributed by atoms with E-state index in [2.05, 4.69) is 35.4 Å². The number of hydrogen-bond donors (Lipinski definition) is 3. The van der Waals surface area contributed by atoms with Crippen molar-refractivity contribution in [2.45, 2.75) is 11.7 Å². The lowest BCUT2D eigenvalue weighted by molar-refractivity contribution is 0.304. The fourth-order valence-corrected chi connectivity index (χ4v) is 2.22. The van der Waals surface area contributed by atoms with Crippen LogP contribution >= 0.6 is 25.3 Å². The van der Waals surface area contributed by atoms with Crippen molar-refractivity contribution in [2.75, 3.05) is 18.1 Å². The SMILES string of the molecule is O=S(=O)(CC(S)CS)OC#CCCO. The first-order valence-electron chi connectivity index (χ1n) is 3.80. The van der Waals surface area contributed by atoms with Crippen LogP contribution < -0.4 is 0 Å². The van der Waals surface area contributed by atoms with Gasteiger partial charge in [-0.3, -0.25) is 0 Å². The van der Waals surface area contributed by atoms with Crippen molar-refractivity contribution in [1.29, 1.82) is 0 Å². The molecule has 0 aliphatic rings. The Balaban J connectivity index is 4.04. The molecule has 0 aromatic rings. The molecule has 7 heteroatoms. The summed E-state index contributed by atoms with van der Waals surface area (Å²) in [5, 5.41) is 7.98. The Morgan fingerprint density at radius 2 is 2.14 bits per heavy atom. The van der Waals surface area contributed by atoms with Crippen LogP contribution in [0.5, 0.6) is 0 Å². The van der Waals surface area contributed by atoms with Gasteiger partial charge in [0.2, 0.25) is 0 Å². The largest absolute Gasteiger partial charge is 0.395 e. The second-order valence-electron chi connectivity index (χ2n) is 2.40. The molecule has 0 rings (SSSR count). The number of hydrogen-bond acceptors (Lipinski definition) is 6. The summed E-state index contributed by atoms with van der Waals surface area (Å²) in [7, 11) is -3.65. The van der Waals surface area contributed by atoms with Gasteiger partial charge >= 0.3 is 10.1 Å². The van der Waals surface area contributed by atoms with E-state index in [9.17, 15) is 8.42 Å². The predicted molar refractivity (Wildman–Crippen MR) is 61.0 cm³/mol. The van der Waals surface area contributed by atoms with Crippen LogP contribution in [-0.2, 0) is 14.3 Å². The number of thiol groups is 2. The van der Waals surface area contributed by atoms with Crippen LogP contribution in [0.15, 0.2) is 0 Å². The van der Waals surface area contributed by atoms with Crippen molar-refractivity contribution in [3.05, 3.63) is 0 Å². The molecule has 4 nitrogen and oxygen atoms in total. The van der Waals surface area contributed by atoms with Gasteiger partial charge in [-0.15, -0.1) is 0 Å². The van der Waals surface area contributed by atoms with E-state index in [0.717, 1.165) is 0 Å². The molecule has 0 fully saturated rings. The minimum atomic E-state index is -3.65. The lowest BCUT2D eigenvalue weighted by atomic mass is 10.5. The quantitative estimate of drug-likeness (QED) is 0.365. The molecule has 1 unspecified atom stereocenters. The minimum absolute atomic E-state index is 0.123. The van der Waals surface area contributed by atoms with Gasteiger partial charge in [0, 0.05) is 17.4 Å². The first-order chi connectivity index (χ1) is 6.52. The summed E-state index contributed by atoms with van der Waals surface area (Å²) in [5.41, 5.74) is 0. The van der Waals surface area contributed by atoms with E-state index < -0.39 is 10.1 Å². The predicted octanol–water partition coefficient (Wildman–Crippen LogP) is -0.0957. The van der Waals surface area contributed by atoms with Gasteiger partial charge in [0.05, 0.1) is 12.4 Å². The summed E-state index contributed by atoms with van der Waals surface area (Å²) >= 11 is 7.85. The van der Waals surface area contributed by atoms with Gasteiger partial charge in [0.25, 0.3) is 0 Å². The van der Waals surface area contributed by atoms with Gasteiger partial charge in [-0.2, -0.15) is 33.7 Å². The molecule has 1 atom stereocenters.